The van der Waals surface area contributed by atoms with Crippen molar-refractivity contribution in [2.75, 3.05) is 11.9 Å². The Morgan fingerprint density at radius 2 is 2.08 bits per heavy atom. The first-order valence-electron chi connectivity index (χ1n) is 7.16. The van der Waals surface area contributed by atoms with Crippen molar-refractivity contribution in [1.82, 2.24) is 9.78 Å². The van der Waals surface area contributed by atoms with Crippen LogP contribution in [-0.4, -0.2) is 34.6 Å². The Kier molecular flexibility index (Phi) is 4.32. The summed E-state index contributed by atoms with van der Waals surface area (Å²) in [6.07, 6.45) is -3.64. The van der Waals surface area contributed by atoms with E-state index in [0.717, 1.165) is 0 Å². The highest BCUT2D eigenvalue weighted by molar-refractivity contribution is 5.90. The van der Waals surface area contributed by atoms with Crippen LogP contribution in [0.2, 0.25) is 0 Å². The van der Waals surface area contributed by atoms with Gasteiger partial charge in [0.25, 0.3) is 0 Å². The molecule has 2 aromatic rings. The minimum atomic E-state index is -4.54. The standard InChI is InChI=1S/C15H14F3N3O3/c16-15(17,18)5-14(22)20-10-6-19-21(7-10)8-11-9-23-12-3-1-2-4-13(12)24-11/h1-4,6-7,11H,5,8-9H2,(H,20,22). The van der Waals surface area contributed by atoms with Gasteiger partial charge < -0.3 is 14.8 Å². The van der Waals surface area contributed by atoms with Crippen LogP contribution in [0.5, 0.6) is 11.5 Å². The second-order valence-corrected chi connectivity index (χ2v) is 5.29. The van der Waals surface area contributed by atoms with E-state index in [9.17, 15) is 18.0 Å². The first kappa shape index (κ1) is 16.2. The van der Waals surface area contributed by atoms with Gasteiger partial charge in [0.2, 0.25) is 5.91 Å². The molecule has 1 amide bonds. The quantitative estimate of drug-likeness (QED) is 0.928. The van der Waals surface area contributed by atoms with Crippen LogP contribution >= 0.6 is 0 Å². The number of anilines is 1. The Bertz CT molecular complexity index is 730. The number of fused-ring (bicyclic) bond motifs is 1. The molecule has 0 bridgehead atoms. The number of alkyl halides is 3. The number of ether oxygens (including phenoxy) is 2. The molecule has 128 valence electrons. The predicted molar refractivity (Wildman–Crippen MR) is 77.9 cm³/mol. The number of nitrogens with one attached hydrogen (secondary N) is 1. The van der Waals surface area contributed by atoms with Gasteiger partial charge in [-0.1, -0.05) is 12.1 Å². The van der Waals surface area contributed by atoms with Crippen molar-refractivity contribution in [3.63, 3.8) is 0 Å². The highest BCUT2D eigenvalue weighted by Crippen LogP contribution is 2.31. The summed E-state index contributed by atoms with van der Waals surface area (Å²) >= 11 is 0. The van der Waals surface area contributed by atoms with Crippen LogP contribution in [-0.2, 0) is 11.3 Å². The molecule has 24 heavy (non-hydrogen) atoms. The number of benzene rings is 1. The van der Waals surface area contributed by atoms with Crippen molar-refractivity contribution in [2.24, 2.45) is 0 Å². The first-order valence-corrected chi connectivity index (χ1v) is 7.16. The second-order valence-electron chi connectivity index (χ2n) is 5.29. The number of carbonyl (C=O) groups excluding carboxylic acids is 1. The Balaban J connectivity index is 1.56. The predicted octanol–water partition coefficient (Wildman–Crippen LogP) is 2.61. The van der Waals surface area contributed by atoms with Gasteiger partial charge in [-0.3, -0.25) is 9.48 Å². The summed E-state index contributed by atoms with van der Waals surface area (Å²) in [5.41, 5.74) is 0.196. The smallest absolute Gasteiger partial charge is 0.397 e. The van der Waals surface area contributed by atoms with E-state index in [0.29, 0.717) is 24.7 Å². The molecule has 2 heterocycles. The number of aromatic nitrogens is 2. The zero-order valence-corrected chi connectivity index (χ0v) is 12.4. The van der Waals surface area contributed by atoms with Crippen LogP contribution < -0.4 is 14.8 Å². The lowest BCUT2D eigenvalue weighted by Gasteiger charge is -2.26. The maximum Gasteiger partial charge on any atom is 0.397 e. The molecule has 1 atom stereocenters. The van der Waals surface area contributed by atoms with Gasteiger partial charge in [0.05, 0.1) is 18.4 Å². The molecule has 1 aliphatic heterocycles. The van der Waals surface area contributed by atoms with Gasteiger partial charge in [-0.2, -0.15) is 18.3 Å². The fraction of sp³-hybridized carbons (Fsp3) is 0.333. The minimum absolute atomic E-state index is 0.196. The van der Waals surface area contributed by atoms with Crippen LogP contribution in [0.1, 0.15) is 6.42 Å². The molecule has 1 aliphatic rings. The van der Waals surface area contributed by atoms with Gasteiger partial charge in [0.1, 0.15) is 13.0 Å². The fourth-order valence-electron chi connectivity index (χ4n) is 2.28. The molecular weight excluding hydrogens is 327 g/mol. The van der Waals surface area contributed by atoms with E-state index in [1.807, 2.05) is 12.1 Å². The lowest BCUT2D eigenvalue weighted by Crippen LogP contribution is -2.33. The highest BCUT2D eigenvalue weighted by Gasteiger charge is 2.31. The normalized spacial score (nSPS) is 16.7. The molecule has 1 N–H and O–H groups in total. The van der Waals surface area contributed by atoms with Crippen molar-refractivity contribution >= 4 is 11.6 Å². The fourth-order valence-corrected chi connectivity index (χ4v) is 2.28. The monoisotopic (exact) mass is 341 g/mol. The van der Waals surface area contributed by atoms with Crippen LogP contribution in [0.15, 0.2) is 36.7 Å². The molecule has 1 unspecified atom stereocenters. The number of hydrogen-bond donors (Lipinski definition) is 1. The molecule has 0 aliphatic carbocycles. The summed E-state index contributed by atoms with van der Waals surface area (Å²) in [4.78, 5) is 11.3. The molecule has 1 aromatic carbocycles. The zero-order valence-electron chi connectivity index (χ0n) is 12.4. The van der Waals surface area contributed by atoms with Crippen LogP contribution in [0, 0.1) is 0 Å². The van der Waals surface area contributed by atoms with E-state index in [-0.39, 0.29) is 11.8 Å². The molecule has 3 rings (SSSR count). The number of para-hydroxylation sites is 2. The third-order valence-electron chi connectivity index (χ3n) is 3.24. The molecule has 6 nitrogen and oxygen atoms in total. The maximum atomic E-state index is 12.1. The van der Waals surface area contributed by atoms with Gasteiger partial charge in [-0.25, -0.2) is 0 Å². The molecule has 1 aromatic heterocycles. The summed E-state index contributed by atoms with van der Waals surface area (Å²) in [7, 11) is 0. The summed E-state index contributed by atoms with van der Waals surface area (Å²) in [5.74, 6) is 0.155. The lowest BCUT2D eigenvalue weighted by atomic mass is 10.2. The Labute approximate surface area is 135 Å². The average molecular weight is 341 g/mol. The third kappa shape index (κ3) is 4.18. The SMILES string of the molecule is O=C(CC(F)(F)F)Nc1cnn(CC2COc3ccccc3O2)c1. The van der Waals surface area contributed by atoms with E-state index in [1.54, 1.807) is 12.1 Å². The van der Waals surface area contributed by atoms with Crippen molar-refractivity contribution in [3.8, 4) is 11.5 Å². The first-order chi connectivity index (χ1) is 11.4. The van der Waals surface area contributed by atoms with Crippen LogP contribution in [0.3, 0.4) is 0 Å². The number of amides is 1. The Hall–Kier alpha value is -2.71. The molecule has 9 heteroatoms. The Morgan fingerprint density at radius 1 is 1.33 bits per heavy atom. The summed E-state index contributed by atoms with van der Waals surface area (Å²) in [6.45, 7) is 0.663. The van der Waals surface area contributed by atoms with Crippen molar-refractivity contribution < 1.29 is 27.4 Å². The number of hydrogen-bond acceptors (Lipinski definition) is 4. The van der Waals surface area contributed by atoms with E-state index < -0.39 is 18.5 Å². The van der Waals surface area contributed by atoms with Crippen LogP contribution in [0.25, 0.3) is 0 Å². The minimum Gasteiger partial charge on any atom is -0.486 e. The highest BCUT2D eigenvalue weighted by atomic mass is 19.4. The number of rotatable bonds is 4. The summed E-state index contributed by atoms with van der Waals surface area (Å²) in [6, 6.07) is 7.25. The van der Waals surface area contributed by atoms with Gasteiger partial charge in [0.15, 0.2) is 17.6 Å². The molecular formula is C15H14F3N3O3. The van der Waals surface area contributed by atoms with Gasteiger partial charge in [-0.15, -0.1) is 0 Å². The average Bonchev–Trinajstić information content (AvgIpc) is 2.92. The van der Waals surface area contributed by atoms with Gasteiger partial charge >= 0.3 is 6.18 Å². The third-order valence-corrected chi connectivity index (χ3v) is 3.24. The molecule has 0 spiro atoms. The van der Waals surface area contributed by atoms with E-state index in [1.165, 1.54) is 17.1 Å². The topological polar surface area (TPSA) is 65.4 Å². The number of nitrogens with zero attached hydrogens (tertiary/aromatic N) is 2. The van der Waals surface area contributed by atoms with E-state index in [4.69, 9.17) is 9.47 Å². The largest absolute Gasteiger partial charge is 0.486 e. The number of carbonyl (C=O) groups is 1. The summed E-state index contributed by atoms with van der Waals surface area (Å²) < 4.78 is 49.2. The summed E-state index contributed by atoms with van der Waals surface area (Å²) in [5, 5.41) is 6.16. The Morgan fingerprint density at radius 3 is 2.83 bits per heavy atom. The molecule has 0 radical (unpaired) electrons. The maximum absolute atomic E-state index is 12.1. The van der Waals surface area contributed by atoms with E-state index in [2.05, 4.69) is 10.4 Å². The van der Waals surface area contributed by atoms with E-state index >= 15 is 0 Å². The zero-order chi connectivity index (χ0) is 17.2. The van der Waals surface area contributed by atoms with Gasteiger partial charge in [0, 0.05) is 6.20 Å². The number of halogens is 3. The van der Waals surface area contributed by atoms with Crippen molar-refractivity contribution in [1.29, 1.82) is 0 Å². The molecule has 0 saturated heterocycles. The molecule has 0 saturated carbocycles. The van der Waals surface area contributed by atoms with Crippen LogP contribution in [0.4, 0.5) is 18.9 Å². The lowest BCUT2D eigenvalue weighted by molar-refractivity contribution is -0.150. The second kappa shape index (κ2) is 6.42. The van der Waals surface area contributed by atoms with Crippen molar-refractivity contribution in [3.05, 3.63) is 36.7 Å². The molecule has 0 fully saturated rings. The van der Waals surface area contributed by atoms with Gasteiger partial charge in [-0.05, 0) is 12.1 Å². The van der Waals surface area contributed by atoms with Crippen molar-refractivity contribution in [2.45, 2.75) is 25.2 Å².